The van der Waals surface area contributed by atoms with E-state index in [1.54, 1.807) is 14.0 Å². The number of nitrogens with one attached hydrogen (secondary N) is 2. The van der Waals surface area contributed by atoms with Gasteiger partial charge in [0.1, 0.15) is 11.3 Å². The number of piperidine rings is 1. The van der Waals surface area contributed by atoms with Crippen LogP contribution in [0.2, 0.25) is 0 Å². The van der Waals surface area contributed by atoms with E-state index >= 15 is 0 Å². The van der Waals surface area contributed by atoms with Crippen molar-refractivity contribution in [3.05, 3.63) is 42.0 Å². The Bertz CT molecular complexity index is 920. The molecule has 6 heteroatoms. The third kappa shape index (κ3) is 3.22. The number of hydrogen-bond donors (Lipinski definition) is 2. The highest BCUT2D eigenvalue weighted by Crippen LogP contribution is 2.31. The van der Waals surface area contributed by atoms with Gasteiger partial charge in [0.2, 0.25) is 0 Å². The van der Waals surface area contributed by atoms with Crippen LogP contribution in [0.25, 0.3) is 10.8 Å². The normalized spacial score (nSPS) is 27.9. The predicted octanol–water partition coefficient (Wildman–Crippen LogP) is 1.89. The molecule has 0 aromatic heterocycles. The zero-order chi connectivity index (χ0) is 19.9. The van der Waals surface area contributed by atoms with Gasteiger partial charge in [-0.05, 0) is 60.2 Å². The molecular formula is C22H28N3O3+. The molecule has 148 valence electrons. The van der Waals surface area contributed by atoms with E-state index in [0.29, 0.717) is 6.67 Å². The molecule has 1 atom stereocenters. The minimum absolute atomic E-state index is 0.170. The van der Waals surface area contributed by atoms with Crippen molar-refractivity contribution in [2.45, 2.75) is 32.2 Å². The van der Waals surface area contributed by atoms with E-state index < -0.39 is 5.54 Å². The lowest BCUT2D eigenvalue weighted by Gasteiger charge is -2.29. The minimum atomic E-state index is -1.03. The second kappa shape index (κ2) is 7.09. The lowest BCUT2D eigenvalue weighted by Crippen LogP contribution is -3.14. The van der Waals surface area contributed by atoms with Crippen LogP contribution in [0.15, 0.2) is 36.4 Å². The SMILES string of the molecule is COc1ccc2cc([C@]3(C)NC(=O)N(C[NH+]4CCC(C)CC4)C3=O)ccc2c1. The summed E-state index contributed by atoms with van der Waals surface area (Å²) >= 11 is 0. The van der Waals surface area contributed by atoms with Crippen molar-refractivity contribution < 1.29 is 19.2 Å². The fraction of sp³-hybridized carbons (Fsp3) is 0.455. The molecular weight excluding hydrogens is 354 g/mol. The number of quaternary nitrogens is 1. The second-order valence-corrected chi connectivity index (χ2v) is 8.31. The van der Waals surface area contributed by atoms with Crippen LogP contribution in [0.5, 0.6) is 5.75 Å². The molecule has 2 saturated heterocycles. The quantitative estimate of drug-likeness (QED) is 0.794. The first-order valence-electron chi connectivity index (χ1n) is 9.96. The van der Waals surface area contributed by atoms with E-state index in [4.69, 9.17) is 4.74 Å². The number of amides is 3. The molecule has 0 aliphatic carbocycles. The number of fused-ring (bicyclic) bond motifs is 1. The summed E-state index contributed by atoms with van der Waals surface area (Å²) < 4.78 is 5.28. The second-order valence-electron chi connectivity index (χ2n) is 8.31. The number of ether oxygens (including phenoxy) is 1. The van der Waals surface area contributed by atoms with E-state index in [2.05, 4.69) is 12.2 Å². The first-order valence-corrected chi connectivity index (χ1v) is 9.96. The van der Waals surface area contributed by atoms with Crippen molar-refractivity contribution in [2.75, 3.05) is 26.9 Å². The largest absolute Gasteiger partial charge is 0.497 e. The lowest BCUT2D eigenvalue weighted by atomic mass is 9.90. The summed E-state index contributed by atoms with van der Waals surface area (Å²) in [5, 5.41) is 4.98. The summed E-state index contributed by atoms with van der Waals surface area (Å²) in [7, 11) is 1.64. The molecule has 4 rings (SSSR count). The minimum Gasteiger partial charge on any atom is -0.497 e. The summed E-state index contributed by atoms with van der Waals surface area (Å²) in [6, 6.07) is 11.4. The van der Waals surface area contributed by atoms with Crippen LogP contribution in [0, 0.1) is 5.92 Å². The van der Waals surface area contributed by atoms with Gasteiger partial charge in [-0.25, -0.2) is 9.69 Å². The number of likely N-dealkylation sites (tertiary alicyclic amines) is 1. The Morgan fingerprint density at radius 2 is 1.82 bits per heavy atom. The number of methoxy groups -OCH3 is 1. The first-order chi connectivity index (χ1) is 13.4. The van der Waals surface area contributed by atoms with Gasteiger partial charge in [0.05, 0.1) is 20.2 Å². The number of carbonyl (C=O) groups is 2. The van der Waals surface area contributed by atoms with Gasteiger partial charge >= 0.3 is 6.03 Å². The van der Waals surface area contributed by atoms with Gasteiger partial charge in [-0.3, -0.25) is 4.79 Å². The van der Waals surface area contributed by atoms with E-state index in [0.717, 1.165) is 53.9 Å². The maximum atomic E-state index is 13.2. The number of nitrogens with zero attached hydrogens (tertiary/aromatic N) is 1. The zero-order valence-corrected chi connectivity index (χ0v) is 16.7. The van der Waals surface area contributed by atoms with Gasteiger partial charge in [-0.15, -0.1) is 0 Å². The maximum Gasteiger partial charge on any atom is 0.329 e. The molecule has 0 bridgehead atoms. The van der Waals surface area contributed by atoms with E-state index in [9.17, 15) is 9.59 Å². The standard InChI is InChI=1S/C22H27N3O3/c1-15-8-10-24(11-9-15)14-25-20(26)22(2,23-21(25)27)18-6-4-17-13-19(28-3)7-5-16(17)12-18/h4-7,12-13,15H,8-11,14H2,1-3H3,(H,23,27)/p+1/t22-/m0/s1. The highest BCUT2D eigenvalue weighted by atomic mass is 16.5. The van der Waals surface area contributed by atoms with Crippen molar-refractivity contribution in [1.29, 1.82) is 0 Å². The molecule has 2 heterocycles. The number of hydrogen-bond acceptors (Lipinski definition) is 3. The fourth-order valence-electron chi connectivity index (χ4n) is 4.25. The van der Waals surface area contributed by atoms with Gasteiger partial charge in [-0.2, -0.15) is 0 Å². The predicted molar refractivity (Wildman–Crippen MR) is 107 cm³/mol. The summed E-state index contributed by atoms with van der Waals surface area (Å²) in [6.07, 6.45) is 2.29. The third-order valence-electron chi connectivity index (χ3n) is 6.26. The average Bonchev–Trinajstić information content (AvgIpc) is 2.92. The fourth-order valence-corrected chi connectivity index (χ4v) is 4.25. The Morgan fingerprint density at radius 1 is 1.14 bits per heavy atom. The Hall–Kier alpha value is -2.60. The highest BCUT2D eigenvalue weighted by molar-refractivity contribution is 6.07. The number of rotatable bonds is 4. The smallest absolute Gasteiger partial charge is 0.329 e. The van der Waals surface area contributed by atoms with Gasteiger partial charge < -0.3 is 15.0 Å². The molecule has 2 N–H and O–H groups in total. The van der Waals surface area contributed by atoms with Crippen molar-refractivity contribution in [3.63, 3.8) is 0 Å². The molecule has 0 radical (unpaired) electrons. The highest BCUT2D eigenvalue weighted by Gasteiger charge is 2.50. The maximum absolute atomic E-state index is 13.2. The molecule has 28 heavy (non-hydrogen) atoms. The first kappa shape index (κ1) is 18.7. The molecule has 0 spiro atoms. The number of carbonyl (C=O) groups excluding carboxylic acids is 2. The van der Waals surface area contributed by atoms with E-state index in [1.807, 2.05) is 36.4 Å². The molecule has 6 nitrogen and oxygen atoms in total. The lowest BCUT2D eigenvalue weighted by molar-refractivity contribution is -0.913. The Labute approximate surface area is 165 Å². The molecule has 2 aromatic carbocycles. The van der Waals surface area contributed by atoms with Crippen LogP contribution < -0.4 is 15.0 Å². The number of urea groups is 1. The molecule has 2 fully saturated rings. The van der Waals surface area contributed by atoms with Gasteiger partial charge in [0.15, 0.2) is 6.67 Å². The molecule has 0 saturated carbocycles. The van der Waals surface area contributed by atoms with Gasteiger partial charge in [-0.1, -0.05) is 25.1 Å². The van der Waals surface area contributed by atoms with E-state index in [-0.39, 0.29) is 11.9 Å². The van der Waals surface area contributed by atoms with Crippen LogP contribution in [-0.2, 0) is 10.3 Å². The topological polar surface area (TPSA) is 63.1 Å². The van der Waals surface area contributed by atoms with E-state index in [1.165, 1.54) is 9.80 Å². The van der Waals surface area contributed by atoms with Gasteiger partial charge in [0.25, 0.3) is 5.91 Å². The van der Waals surface area contributed by atoms with Crippen LogP contribution in [0.4, 0.5) is 4.79 Å². The molecule has 2 aliphatic rings. The Kier molecular flexibility index (Phi) is 4.75. The van der Waals surface area contributed by atoms with Crippen LogP contribution >= 0.6 is 0 Å². The Morgan fingerprint density at radius 3 is 2.54 bits per heavy atom. The Balaban J connectivity index is 1.58. The molecule has 0 unspecified atom stereocenters. The monoisotopic (exact) mass is 382 g/mol. The summed E-state index contributed by atoms with van der Waals surface area (Å²) in [6.45, 7) is 6.51. The van der Waals surface area contributed by atoms with Gasteiger partial charge in [0, 0.05) is 0 Å². The number of benzene rings is 2. The molecule has 2 aromatic rings. The van der Waals surface area contributed by atoms with Crippen molar-refractivity contribution in [3.8, 4) is 5.75 Å². The van der Waals surface area contributed by atoms with Crippen LogP contribution in [-0.4, -0.2) is 43.7 Å². The number of imide groups is 1. The van der Waals surface area contributed by atoms with Crippen LogP contribution in [0.3, 0.4) is 0 Å². The summed E-state index contributed by atoms with van der Waals surface area (Å²) in [5.74, 6) is 1.35. The molecule has 3 amide bonds. The summed E-state index contributed by atoms with van der Waals surface area (Å²) in [5.41, 5.74) is -0.235. The zero-order valence-electron chi connectivity index (χ0n) is 16.7. The van der Waals surface area contributed by atoms with Crippen molar-refractivity contribution >= 4 is 22.7 Å². The van der Waals surface area contributed by atoms with Crippen molar-refractivity contribution in [1.82, 2.24) is 10.2 Å². The van der Waals surface area contributed by atoms with Crippen LogP contribution in [0.1, 0.15) is 32.3 Å². The summed E-state index contributed by atoms with van der Waals surface area (Å²) in [4.78, 5) is 28.5. The van der Waals surface area contributed by atoms with Crippen molar-refractivity contribution in [2.24, 2.45) is 5.92 Å². The molecule has 2 aliphatic heterocycles. The third-order valence-corrected chi connectivity index (χ3v) is 6.26. The average molecular weight is 382 g/mol.